The minimum Gasteiger partial charge on any atom is -0.438 e. The average molecular weight is 418 g/mol. The van der Waals surface area contributed by atoms with Crippen LogP contribution in [0.15, 0.2) is 54.7 Å². The van der Waals surface area contributed by atoms with E-state index in [-0.39, 0.29) is 0 Å². The van der Waals surface area contributed by atoms with Crippen LogP contribution in [0.3, 0.4) is 0 Å². The van der Waals surface area contributed by atoms with Gasteiger partial charge in [0.25, 0.3) is 0 Å². The summed E-state index contributed by atoms with van der Waals surface area (Å²) >= 11 is 0. The number of hydrogen-bond donors (Lipinski definition) is 2. The zero-order valence-corrected chi connectivity index (χ0v) is 18.3. The molecule has 3 aromatic rings. The number of carbonyl (C=O) groups is 1. The standard InChI is InChI=1S/C26H31N3O2/c1-17(2)18-7-11-21(12-8-18)28-15-19-9-13-24(23-6-4-3-5-22(19)23)31-25-14-10-20(16-29-25)26(27)30/h3-6,9-10,13-14,16-18,21,28H,7-8,11-12,15H2,1-2H3,(H2,27,30). The van der Waals surface area contributed by atoms with Gasteiger partial charge in [0, 0.05) is 30.2 Å². The second-order valence-electron chi connectivity index (χ2n) is 8.86. The molecule has 0 bridgehead atoms. The minimum atomic E-state index is -0.501. The predicted octanol–water partition coefficient (Wildman–Crippen LogP) is 5.43. The Labute approximate surface area is 184 Å². The van der Waals surface area contributed by atoms with Crippen molar-refractivity contribution in [3.63, 3.8) is 0 Å². The van der Waals surface area contributed by atoms with E-state index in [1.807, 2.05) is 12.1 Å². The van der Waals surface area contributed by atoms with Gasteiger partial charge in [0.2, 0.25) is 11.8 Å². The van der Waals surface area contributed by atoms with E-state index in [1.165, 1.54) is 42.8 Å². The van der Waals surface area contributed by atoms with Crippen molar-refractivity contribution in [1.29, 1.82) is 0 Å². The first-order chi connectivity index (χ1) is 15.0. The summed E-state index contributed by atoms with van der Waals surface area (Å²) in [6.45, 7) is 5.54. The Hall–Kier alpha value is -2.92. The lowest BCUT2D eigenvalue weighted by Gasteiger charge is -2.31. The first kappa shape index (κ1) is 21.3. The van der Waals surface area contributed by atoms with Crippen molar-refractivity contribution >= 4 is 16.7 Å². The Morgan fingerprint density at radius 1 is 1.06 bits per heavy atom. The molecule has 2 aromatic carbocycles. The molecule has 0 spiro atoms. The minimum absolute atomic E-state index is 0.362. The van der Waals surface area contributed by atoms with Gasteiger partial charge in [-0.3, -0.25) is 4.79 Å². The van der Waals surface area contributed by atoms with Gasteiger partial charge in [0.05, 0.1) is 5.56 Å². The largest absolute Gasteiger partial charge is 0.438 e. The van der Waals surface area contributed by atoms with Gasteiger partial charge in [-0.05, 0) is 60.6 Å². The van der Waals surface area contributed by atoms with Gasteiger partial charge in [-0.15, -0.1) is 0 Å². The van der Waals surface area contributed by atoms with Crippen LogP contribution in [0.25, 0.3) is 10.8 Å². The number of rotatable bonds is 7. The normalized spacial score (nSPS) is 18.9. The zero-order valence-electron chi connectivity index (χ0n) is 18.3. The number of ether oxygens (including phenoxy) is 1. The molecule has 162 valence electrons. The third-order valence-corrected chi connectivity index (χ3v) is 6.51. The molecule has 1 amide bonds. The maximum atomic E-state index is 11.2. The Morgan fingerprint density at radius 2 is 1.81 bits per heavy atom. The van der Waals surface area contributed by atoms with Crippen molar-refractivity contribution in [2.45, 2.75) is 52.1 Å². The molecule has 0 radical (unpaired) electrons. The first-order valence-electron chi connectivity index (χ1n) is 11.2. The lowest BCUT2D eigenvalue weighted by molar-refractivity contribution is 0.1000. The monoisotopic (exact) mass is 417 g/mol. The Kier molecular flexibility index (Phi) is 6.52. The molecule has 0 atom stereocenters. The highest BCUT2D eigenvalue weighted by Gasteiger charge is 2.23. The molecule has 1 saturated carbocycles. The van der Waals surface area contributed by atoms with Crippen LogP contribution in [0.2, 0.25) is 0 Å². The first-order valence-corrected chi connectivity index (χ1v) is 11.2. The van der Waals surface area contributed by atoms with E-state index in [9.17, 15) is 4.79 Å². The highest BCUT2D eigenvalue weighted by Crippen LogP contribution is 2.33. The van der Waals surface area contributed by atoms with Crippen LogP contribution >= 0.6 is 0 Å². The summed E-state index contributed by atoms with van der Waals surface area (Å²) in [5, 5.41) is 6.00. The zero-order chi connectivity index (χ0) is 21.8. The fourth-order valence-corrected chi connectivity index (χ4v) is 4.52. The number of benzene rings is 2. The molecule has 0 saturated heterocycles. The molecule has 5 nitrogen and oxygen atoms in total. The topological polar surface area (TPSA) is 77.2 Å². The van der Waals surface area contributed by atoms with E-state index >= 15 is 0 Å². The van der Waals surface area contributed by atoms with Gasteiger partial charge < -0.3 is 15.8 Å². The molecule has 1 fully saturated rings. The maximum Gasteiger partial charge on any atom is 0.250 e. The second-order valence-corrected chi connectivity index (χ2v) is 8.86. The highest BCUT2D eigenvalue weighted by atomic mass is 16.5. The fraction of sp³-hybridized carbons (Fsp3) is 0.385. The van der Waals surface area contributed by atoms with E-state index < -0.39 is 5.91 Å². The predicted molar refractivity (Wildman–Crippen MR) is 124 cm³/mol. The van der Waals surface area contributed by atoms with Crippen molar-refractivity contribution in [1.82, 2.24) is 10.3 Å². The number of fused-ring (bicyclic) bond motifs is 1. The van der Waals surface area contributed by atoms with Crippen molar-refractivity contribution in [2.75, 3.05) is 0 Å². The van der Waals surface area contributed by atoms with Gasteiger partial charge >= 0.3 is 0 Å². The van der Waals surface area contributed by atoms with Crippen LogP contribution in [0, 0.1) is 11.8 Å². The lowest BCUT2D eigenvalue weighted by Crippen LogP contribution is -2.33. The van der Waals surface area contributed by atoms with Gasteiger partial charge in [-0.2, -0.15) is 0 Å². The highest BCUT2D eigenvalue weighted by molar-refractivity contribution is 5.92. The van der Waals surface area contributed by atoms with Crippen LogP contribution in [-0.2, 0) is 6.54 Å². The van der Waals surface area contributed by atoms with Gasteiger partial charge in [-0.25, -0.2) is 4.98 Å². The molecule has 1 aliphatic carbocycles. The summed E-state index contributed by atoms with van der Waals surface area (Å²) in [6, 6.07) is 16.3. The summed E-state index contributed by atoms with van der Waals surface area (Å²) < 4.78 is 6.03. The number of carbonyl (C=O) groups excluding carboxylic acids is 1. The van der Waals surface area contributed by atoms with Gasteiger partial charge in [0.15, 0.2) is 0 Å². The fourth-order valence-electron chi connectivity index (χ4n) is 4.52. The lowest BCUT2D eigenvalue weighted by atomic mass is 9.79. The number of nitrogens with two attached hydrogens (primary N) is 1. The van der Waals surface area contributed by atoms with Crippen LogP contribution < -0.4 is 15.8 Å². The molecule has 5 heteroatoms. The number of nitrogens with zero attached hydrogens (tertiary/aromatic N) is 1. The van der Waals surface area contributed by atoms with E-state index in [4.69, 9.17) is 10.5 Å². The van der Waals surface area contributed by atoms with E-state index in [0.29, 0.717) is 17.5 Å². The van der Waals surface area contributed by atoms with Crippen LogP contribution in [0.4, 0.5) is 0 Å². The number of amides is 1. The molecule has 0 aliphatic heterocycles. The smallest absolute Gasteiger partial charge is 0.250 e. The molecule has 4 rings (SSSR count). The molecule has 1 heterocycles. The Balaban J connectivity index is 1.47. The number of pyridine rings is 1. The molecule has 1 aromatic heterocycles. The third-order valence-electron chi connectivity index (χ3n) is 6.51. The van der Waals surface area contributed by atoms with Gasteiger partial charge in [0.1, 0.15) is 5.75 Å². The molecule has 0 unspecified atom stereocenters. The molecule has 1 aliphatic rings. The molecule has 31 heavy (non-hydrogen) atoms. The van der Waals surface area contributed by atoms with Crippen molar-refractivity contribution in [3.05, 3.63) is 65.9 Å². The van der Waals surface area contributed by atoms with Crippen molar-refractivity contribution in [3.8, 4) is 11.6 Å². The summed E-state index contributed by atoms with van der Waals surface area (Å²) in [5.41, 5.74) is 6.92. The number of primary amides is 1. The summed E-state index contributed by atoms with van der Waals surface area (Å²) in [5.74, 6) is 2.35. The SMILES string of the molecule is CC(C)C1CCC(NCc2ccc(Oc3ccc(C(N)=O)cn3)c3ccccc23)CC1. The van der Waals surface area contributed by atoms with Gasteiger partial charge in [-0.1, -0.05) is 44.2 Å². The Bertz CT molecular complexity index is 1040. The van der Waals surface area contributed by atoms with E-state index in [2.05, 4.69) is 48.4 Å². The number of nitrogens with one attached hydrogen (secondary N) is 1. The van der Waals surface area contributed by atoms with E-state index in [0.717, 1.165) is 29.5 Å². The average Bonchev–Trinajstić information content (AvgIpc) is 2.79. The third kappa shape index (κ3) is 5.05. The quantitative estimate of drug-likeness (QED) is 0.537. The summed E-state index contributed by atoms with van der Waals surface area (Å²) in [6.07, 6.45) is 6.60. The van der Waals surface area contributed by atoms with Crippen molar-refractivity contribution in [2.24, 2.45) is 17.6 Å². The summed E-state index contributed by atoms with van der Waals surface area (Å²) in [7, 11) is 0. The Morgan fingerprint density at radius 3 is 2.45 bits per heavy atom. The molecule has 3 N–H and O–H groups in total. The van der Waals surface area contributed by atoms with Crippen molar-refractivity contribution < 1.29 is 9.53 Å². The van der Waals surface area contributed by atoms with E-state index in [1.54, 1.807) is 12.1 Å². The molecular formula is C26H31N3O2. The van der Waals surface area contributed by atoms with Crippen LogP contribution in [0.1, 0.15) is 55.5 Å². The summed E-state index contributed by atoms with van der Waals surface area (Å²) in [4.78, 5) is 15.4. The number of hydrogen-bond acceptors (Lipinski definition) is 4. The van der Waals surface area contributed by atoms with Crippen LogP contribution in [-0.4, -0.2) is 16.9 Å². The maximum absolute atomic E-state index is 11.2. The number of aromatic nitrogens is 1. The molecular weight excluding hydrogens is 386 g/mol. The van der Waals surface area contributed by atoms with Crippen LogP contribution in [0.5, 0.6) is 11.6 Å². The second kappa shape index (κ2) is 9.48.